The Hall–Kier alpha value is -1.77. The van der Waals surface area contributed by atoms with E-state index in [0.717, 1.165) is 13.0 Å². The van der Waals surface area contributed by atoms with Crippen molar-refractivity contribution in [1.29, 1.82) is 0 Å². The highest BCUT2D eigenvalue weighted by Crippen LogP contribution is 2.32. The fourth-order valence-corrected chi connectivity index (χ4v) is 3.28. The van der Waals surface area contributed by atoms with Crippen LogP contribution in [0, 0.1) is 0 Å². The minimum Gasteiger partial charge on any atom is -0.466 e. The number of hydrogen-bond donors (Lipinski definition) is 0. The summed E-state index contributed by atoms with van der Waals surface area (Å²) < 4.78 is 7.38. The molecule has 3 rings (SSSR count). The van der Waals surface area contributed by atoms with E-state index in [2.05, 4.69) is 28.8 Å². The van der Waals surface area contributed by atoms with Crippen LogP contribution in [0.2, 0.25) is 0 Å². The van der Waals surface area contributed by atoms with Crippen LogP contribution in [0.15, 0.2) is 24.3 Å². The van der Waals surface area contributed by atoms with Gasteiger partial charge in [-0.05, 0) is 44.2 Å². The molecule has 0 spiro atoms. The van der Waals surface area contributed by atoms with E-state index >= 15 is 0 Å². The van der Waals surface area contributed by atoms with Crippen LogP contribution in [0.5, 0.6) is 0 Å². The van der Waals surface area contributed by atoms with Gasteiger partial charge in [0.2, 0.25) is 0 Å². The number of carbonyl (C=O) groups excluding carboxylic acids is 1. The maximum absolute atomic E-state index is 11.6. The lowest BCUT2D eigenvalue weighted by Crippen LogP contribution is -2.12. The Balaban J connectivity index is 1.95. The number of fused-ring (bicyclic) bond motifs is 3. The zero-order chi connectivity index (χ0) is 13.9. The third kappa shape index (κ3) is 2.33. The highest BCUT2D eigenvalue weighted by Gasteiger charge is 2.19. The first kappa shape index (κ1) is 13.2. The molecule has 0 saturated carbocycles. The number of esters is 1. The standard InChI is InChI=1S/C17H21NO2/c1-2-20-17(19)11-12-18-15-9-5-3-7-13(15)14-8-4-6-10-16(14)18/h3,5,7,9H,2,4,6,8,10-12H2,1H3. The van der Waals surface area contributed by atoms with Gasteiger partial charge < -0.3 is 9.30 Å². The number of hydrogen-bond acceptors (Lipinski definition) is 2. The van der Waals surface area contributed by atoms with E-state index in [-0.39, 0.29) is 5.97 Å². The molecule has 0 amide bonds. The summed E-state index contributed by atoms with van der Waals surface area (Å²) in [7, 11) is 0. The summed E-state index contributed by atoms with van der Waals surface area (Å²) in [6.07, 6.45) is 5.29. The first-order valence-corrected chi connectivity index (χ1v) is 7.56. The van der Waals surface area contributed by atoms with Crippen molar-refractivity contribution < 1.29 is 9.53 Å². The normalized spacial score (nSPS) is 14.2. The third-order valence-corrected chi connectivity index (χ3v) is 4.13. The number of rotatable bonds is 4. The predicted molar refractivity (Wildman–Crippen MR) is 79.8 cm³/mol. The molecular formula is C17H21NO2. The van der Waals surface area contributed by atoms with E-state index in [1.165, 1.54) is 41.4 Å². The lowest BCUT2D eigenvalue weighted by atomic mass is 9.95. The van der Waals surface area contributed by atoms with E-state index in [1.54, 1.807) is 0 Å². The van der Waals surface area contributed by atoms with Crippen LogP contribution in [-0.2, 0) is 28.9 Å². The van der Waals surface area contributed by atoms with E-state index in [9.17, 15) is 4.79 Å². The molecule has 0 atom stereocenters. The molecule has 0 saturated heterocycles. The molecule has 1 aliphatic carbocycles. The largest absolute Gasteiger partial charge is 0.466 e. The molecule has 1 aliphatic rings. The Bertz CT molecular complexity index is 627. The van der Waals surface area contributed by atoms with Gasteiger partial charge in [0.1, 0.15) is 0 Å². The number of benzene rings is 1. The van der Waals surface area contributed by atoms with E-state index in [1.807, 2.05) is 6.92 Å². The quantitative estimate of drug-likeness (QED) is 0.797. The maximum atomic E-state index is 11.6. The Kier molecular flexibility index (Phi) is 3.77. The molecule has 1 aromatic heterocycles. The van der Waals surface area contributed by atoms with Crippen LogP contribution in [-0.4, -0.2) is 17.1 Å². The van der Waals surface area contributed by atoms with Crippen molar-refractivity contribution in [3.8, 4) is 0 Å². The second-order valence-electron chi connectivity index (χ2n) is 5.36. The molecular weight excluding hydrogens is 250 g/mol. The zero-order valence-corrected chi connectivity index (χ0v) is 12.0. The number of aryl methyl sites for hydroxylation is 2. The Morgan fingerprint density at radius 1 is 1.25 bits per heavy atom. The first-order valence-electron chi connectivity index (χ1n) is 7.56. The van der Waals surface area contributed by atoms with Gasteiger partial charge >= 0.3 is 5.97 Å². The Morgan fingerprint density at radius 3 is 2.90 bits per heavy atom. The van der Waals surface area contributed by atoms with Crippen molar-refractivity contribution in [1.82, 2.24) is 4.57 Å². The van der Waals surface area contributed by atoms with Crippen LogP contribution in [0.4, 0.5) is 0 Å². The summed E-state index contributed by atoms with van der Waals surface area (Å²) >= 11 is 0. The molecule has 106 valence electrons. The summed E-state index contributed by atoms with van der Waals surface area (Å²) in [5, 5.41) is 1.37. The van der Waals surface area contributed by atoms with Crippen LogP contribution in [0.3, 0.4) is 0 Å². The van der Waals surface area contributed by atoms with Crippen LogP contribution in [0.25, 0.3) is 10.9 Å². The van der Waals surface area contributed by atoms with Gasteiger partial charge in [0, 0.05) is 23.1 Å². The van der Waals surface area contributed by atoms with Crippen molar-refractivity contribution in [2.45, 2.75) is 45.6 Å². The smallest absolute Gasteiger partial charge is 0.307 e. The van der Waals surface area contributed by atoms with Crippen molar-refractivity contribution in [3.05, 3.63) is 35.5 Å². The monoisotopic (exact) mass is 271 g/mol. The van der Waals surface area contributed by atoms with Crippen molar-refractivity contribution in [3.63, 3.8) is 0 Å². The maximum Gasteiger partial charge on any atom is 0.307 e. The fourth-order valence-electron chi connectivity index (χ4n) is 3.28. The molecule has 0 fully saturated rings. The summed E-state index contributed by atoms with van der Waals surface area (Å²) in [4.78, 5) is 11.6. The minimum absolute atomic E-state index is 0.102. The summed E-state index contributed by atoms with van der Waals surface area (Å²) in [6.45, 7) is 3.04. The van der Waals surface area contributed by atoms with Gasteiger partial charge in [-0.25, -0.2) is 0 Å². The van der Waals surface area contributed by atoms with Gasteiger partial charge in [0.25, 0.3) is 0 Å². The zero-order valence-electron chi connectivity index (χ0n) is 12.0. The average Bonchev–Trinajstić information content (AvgIpc) is 2.80. The second kappa shape index (κ2) is 5.70. The Labute approximate surface area is 119 Å². The van der Waals surface area contributed by atoms with Crippen molar-refractivity contribution >= 4 is 16.9 Å². The van der Waals surface area contributed by atoms with E-state index < -0.39 is 0 Å². The second-order valence-corrected chi connectivity index (χ2v) is 5.36. The molecule has 0 bridgehead atoms. The topological polar surface area (TPSA) is 31.2 Å². The molecule has 0 N–H and O–H groups in total. The third-order valence-electron chi connectivity index (χ3n) is 4.13. The van der Waals surface area contributed by atoms with Gasteiger partial charge in [0.05, 0.1) is 13.0 Å². The van der Waals surface area contributed by atoms with E-state index in [4.69, 9.17) is 4.74 Å². The van der Waals surface area contributed by atoms with Gasteiger partial charge in [-0.2, -0.15) is 0 Å². The number of carbonyl (C=O) groups is 1. The molecule has 3 nitrogen and oxygen atoms in total. The average molecular weight is 271 g/mol. The minimum atomic E-state index is -0.102. The summed E-state index contributed by atoms with van der Waals surface area (Å²) in [5.74, 6) is -0.102. The number of nitrogens with zero attached hydrogens (tertiary/aromatic N) is 1. The van der Waals surface area contributed by atoms with Crippen LogP contribution >= 0.6 is 0 Å². The molecule has 3 heteroatoms. The summed E-state index contributed by atoms with van der Waals surface area (Å²) in [5.41, 5.74) is 4.20. The molecule has 0 radical (unpaired) electrons. The van der Waals surface area contributed by atoms with Crippen LogP contribution in [0.1, 0.15) is 37.4 Å². The molecule has 0 unspecified atom stereocenters. The van der Waals surface area contributed by atoms with Crippen molar-refractivity contribution in [2.24, 2.45) is 0 Å². The summed E-state index contributed by atoms with van der Waals surface area (Å²) in [6, 6.07) is 8.56. The fraction of sp³-hybridized carbons (Fsp3) is 0.471. The lowest BCUT2D eigenvalue weighted by Gasteiger charge is -2.15. The predicted octanol–water partition coefficient (Wildman–Crippen LogP) is 3.47. The number of ether oxygens (including phenoxy) is 1. The van der Waals surface area contributed by atoms with Gasteiger partial charge in [0.15, 0.2) is 0 Å². The Morgan fingerprint density at radius 2 is 2.05 bits per heavy atom. The van der Waals surface area contributed by atoms with Crippen molar-refractivity contribution in [2.75, 3.05) is 6.61 Å². The van der Waals surface area contributed by atoms with Gasteiger partial charge in [-0.1, -0.05) is 18.2 Å². The highest BCUT2D eigenvalue weighted by atomic mass is 16.5. The van der Waals surface area contributed by atoms with E-state index in [0.29, 0.717) is 13.0 Å². The molecule has 0 aliphatic heterocycles. The molecule has 2 aromatic rings. The first-order chi connectivity index (χ1) is 9.81. The SMILES string of the molecule is CCOC(=O)CCn1c2c(c3ccccc31)CCCC2. The molecule has 20 heavy (non-hydrogen) atoms. The highest BCUT2D eigenvalue weighted by molar-refractivity contribution is 5.86. The molecule has 1 aromatic carbocycles. The lowest BCUT2D eigenvalue weighted by molar-refractivity contribution is -0.143. The molecule has 1 heterocycles. The van der Waals surface area contributed by atoms with Gasteiger partial charge in [-0.3, -0.25) is 4.79 Å². The van der Waals surface area contributed by atoms with Gasteiger partial charge in [-0.15, -0.1) is 0 Å². The van der Waals surface area contributed by atoms with Crippen LogP contribution < -0.4 is 0 Å². The number of para-hydroxylation sites is 1. The number of aromatic nitrogens is 1.